The van der Waals surface area contributed by atoms with Gasteiger partial charge in [-0.25, -0.2) is 4.79 Å². The van der Waals surface area contributed by atoms with Gasteiger partial charge in [0.05, 0.1) is 12.7 Å². The first-order valence-electron chi connectivity index (χ1n) is 8.74. The summed E-state index contributed by atoms with van der Waals surface area (Å²) < 4.78 is 5.42. The highest BCUT2D eigenvalue weighted by molar-refractivity contribution is 6.08. The van der Waals surface area contributed by atoms with E-state index < -0.39 is 11.9 Å². The quantitative estimate of drug-likeness (QED) is 0.501. The second-order valence-electron chi connectivity index (χ2n) is 6.39. The summed E-state index contributed by atoms with van der Waals surface area (Å²) in [5.41, 5.74) is 7.75. The first-order chi connectivity index (χ1) is 13.3. The van der Waals surface area contributed by atoms with Gasteiger partial charge in [-0.15, -0.1) is 6.58 Å². The number of hydrogen-bond acceptors (Lipinski definition) is 4. The number of methoxy groups -OCH3 is 1. The topological polar surface area (TPSA) is 102 Å². The summed E-state index contributed by atoms with van der Waals surface area (Å²) in [6.07, 6.45) is 4.52. The second-order valence-corrected chi connectivity index (χ2v) is 6.39. The number of benzene rings is 2. The molecule has 2 aromatic carbocycles. The predicted molar refractivity (Wildman–Crippen MR) is 110 cm³/mol. The number of aromatic hydroxyl groups is 1. The number of hydrogen-bond donors (Lipinski definition) is 3. The van der Waals surface area contributed by atoms with Gasteiger partial charge in [-0.2, -0.15) is 0 Å². The predicted octanol–water partition coefficient (Wildman–Crippen LogP) is 3.89. The number of phenols is 1. The SMILES string of the molecule is C=C(C)CCc1c(OC)cc(/C=C/c2ccccc2)c(C(=O)NC(N)=O)c1O. The molecule has 0 heterocycles. The van der Waals surface area contributed by atoms with Gasteiger partial charge < -0.3 is 15.6 Å². The third-order valence-electron chi connectivity index (χ3n) is 4.14. The maximum atomic E-state index is 12.5. The molecule has 0 aromatic heterocycles. The number of carbonyl (C=O) groups is 2. The molecule has 0 atom stereocenters. The van der Waals surface area contributed by atoms with Gasteiger partial charge in [-0.1, -0.05) is 48.1 Å². The third-order valence-corrected chi connectivity index (χ3v) is 4.14. The van der Waals surface area contributed by atoms with Crippen LogP contribution in [0.15, 0.2) is 48.6 Å². The maximum absolute atomic E-state index is 12.5. The molecule has 28 heavy (non-hydrogen) atoms. The van der Waals surface area contributed by atoms with E-state index in [0.717, 1.165) is 11.1 Å². The van der Waals surface area contributed by atoms with Crippen LogP contribution in [0.25, 0.3) is 12.2 Å². The lowest BCUT2D eigenvalue weighted by atomic mass is 9.95. The van der Waals surface area contributed by atoms with Crippen LogP contribution in [0.2, 0.25) is 0 Å². The zero-order valence-electron chi connectivity index (χ0n) is 16.0. The smallest absolute Gasteiger partial charge is 0.319 e. The normalized spacial score (nSPS) is 10.6. The number of nitrogens with one attached hydrogen (secondary N) is 1. The van der Waals surface area contributed by atoms with E-state index in [1.807, 2.05) is 42.6 Å². The zero-order valence-corrected chi connectivity index (χ0v) is 16.0. The van der Waals surface area contributed by atoms with Gasteiger partial charge >= 0.3 is 6.03 Å². The van der Waals surface area contributed by atoms with Gasteiger partial charge in [0.25, 0.3) is 5.91 Å². The molecule has 2 aromatic rings. The van der Waals surface area contributed by atoms with Crippen LogP contribution >= 0.6 is 0 Å². The van der Waals surface area contributed by atoms with E-state index in [0.29, 0.717) is 29.7 Å². The van der Waals surface area contributed by atoms with Crippen molar-refractivity contribution in [2.45, 2.75) is 19.8 Å². The Morgan fingerprint density at radius 1 is 1.25 bits per heavy atom. The molecule has 0 aliphatic heterocycles. The van der Waals surface area contributed by atoms with Crippen molar-refractivity contribution in [1.29, 1.82) is 0 Å². The van der Waals surface area contributed by atoms with E-state index >= 15 is 0 Å². The van der Waals surface area contributed by atoms with Crippen LogP contribution in [0, 0.1) is 0 Å². The number of carbonyl (C=O) groups excluding carboxylic acids is 2. The number of allylic oxidation sites excluding steroid dienone is 1. The van der Waals surface area contributed by atoms with Crippen molar-refractivity contribution in [3.8, 4) is 11.5 Å². The van der Waals surface area contributed by atoms with E-state index in [-0.39, 0.29) is 11.3 Å². The van der Waals surface area contributed by atoms with Crippen molar-refractivity contribution in [3.63, 3.8) is 0 Å². The van der Waals surface area contributed by atoms with Crippen molar-refractivity contribution >= 4 is 24.1 Å². The van der Waals surface area contributed by atoms with Crippen molar-refractivity contribution in [3.05, 3.63) is 70.8 Å². The standard InChI is InChI=1S/C22H24N2O4/c1-14(2)9-12-17-18(28-3)13-16(11-10-15-7-5-4-6-8-15)19(20(17)25)21(26)24-22(23)27/h4-8,10-11,13,25H,1,9,12H2,2-3H3,(H3,23,24,26,27)/b11-10+. The minimum atomic E-state index is -0.998. The highest BCUT2D eigenvalue weighted by atomic mass is 16.5. The molecular weight excluding hydrogens is 356 g/mol. The molecule has 0 aliphatic rings. The van der Waals surface area contributed by atoms with Gasteiger partial charge in [0.15, 0.2) is 0 Å². The van der Waals surface area contributed by atoms with Crippen LogP contribution in [-0.4, -0.2) is 24.2 Å². The summed E-state index contributed by atoms with van der Waals surface area (Å²) >= 11 is 0. The van der Waals surface area contributed by atoms with Gasteiger partial charge in [0, 0.05) is 5.56 Å². The molecule has 0 radical (unpaired) electrons. The van der Waals surface area contributed by atoms with Crippen molar-refractivity contribution in [2.75, 3.05) is 7.11 Å². The molecular formula is C22H24N2O4. The Bertz CT molecular complexity index is 918. The molecule has 0 saturated heterocycles. The van der Waals surface area contributed by atoms with E-state index in [1.54, 1.807) is 18.2 Å². The van der Waals surface area contributed by atoms with Crippen LogP contribution in [0.3, 0.4) is 0 Å². The molecule has 146 valence electrons. The highest BCUT2D eigenvalue weighted by Crippen LogP contribution is 2.36. The lowest BCUT2D eigenvalue weighted by Gasteiger charge is -2.16. The zero-order chi connectivity index (χ0) is 20.7. The van der Waals surface area contributed by atoms with Crippen LogP contribution in [0.4, 0.5) is 4.79 Å². The fraction of sp³-hybridized carbons (Fsp3) is 0.182. The Morgan fingerprint density at radius 2 is 1.93 bits per heavy atom. The second kappa shape index (κ2) is 9.41. The van der Waals surface area contributed by atoms with Gasteiger partial charge in [-0.05, 0) is 37.0 Å². The lowest BCUT2D eigenvalue weighted by Crippen LogP contribution is -2.35. The molecule has 0 bridgehead atoms. The molecule has 2 rings (SSSR count). The number of primary amides is 1. The summed E-state index contributed by atoms with van der Waals surface area (Å²) in [5.74, 6) is -0.578. The van der Waals surface area contributed by atoms with Crippen LogP contribution in [0.1, 0.15) is 40.4 Å². The number of amides is 3. The van der Waals surface area contributed by atoms with Gasteiger partial charge in [0.1, 0.15) is 11.5 Å². The molecule has 6 heteroatoms. The Kier molecular flexibility index (Phi) is 6.98. The summed E-state index contributed by atoms with van der Waals surface area (Å²) in [5, 5.41) is 12.8. The Hall–Kier alpha value is -3.54. The van der Waals surface area contributed by atoms with E-state index in [4.69, 9.17) is 10.5 Å². The summed E-state index contributed by atoms with van der Waals surface area (Å²) in [6, 6.07) is 10.1. The molecule has 4 N–H and O–H groups in total. The van der Waals surface area contributed by atoms with E-state index in [1.165, 1.54) is 7.11 Å². The fourth-order valence-electron chi connectivity index (χ4n) is 2.76. The average molecular weight is 380 g/mol. The molecule has 6 nitrogen and oxygen atoms in total. The Labute approximate surface area is 164 Å². The third kappa shape index (κ3) is 5.23. The van der Waals surface area contributed by atoms with E-state index in [2.05, 4.69) is 6.58 Å². The minimum Gasteiger partial charge on any atom is -0.507 e. The fourth-order valence-corrected chi connectivity index (χ4v) is 2.76. The monoisotopic (exact) mass is 380 g/mol. The maximum Gasteiger partial charge on any atom is 0.319 e. The number of phenolic OH excluding ortho intramolecular Hbond substituents is 1. The lowest BCUT2D eigenvalue weighted by molar-refractivity contribution is 0.0963. The summed E-state index contributed by atoms with van der Waals surface area (Å²) in [6.45, 7) is 5.73. The number of imide groups is 1. The van der Waals surface area contributed by atoms with Gasteiger partial charge in [-0.3, -0.25) is 10.1 Å². The molecule has 0 aliphatic carbocycles. The van der Waals surface area contributed by atoms with Crippen LogP contribution in [-0.2, 0) is 6.42 Å². The molecule has 0 fully saturated rings. The molecule has 3 amide bonds. The van der Waals surface area contributed by atoms with Crippen LogP contribution < -0.4 is 15.8 Å². The first-order valence-corrected chi connectivity index (χ1v) is 8.74. The largest absolute Gasteiger partial charge is 0.507 e. The number of ether oxygens (including phenoxy) is 1. The summed E-state index contributed by atoms with van der Waals surface area (Å²) in [4.78, 5) is 23.7. The van der Waals surface area contributed by atoms with Gasteiger partial charge in [0.2, 0.25) is 0 Å². The van der Waals surface area contributed by atoms with Crippen LogP contribution in [0.5, 0.6) is 11.5 Å². The summed E-state index contributed by atoms with van der Waals surface area (Å²) in [7, 11) is 1.49. The number of rotatable bonds is 7. The van der Waals surface area contributed by atoms with Crippen molar-refractivity contribution in [1.82, 2.24) is 5.32 Å². The molecule has 0 saturated carbocycles. The molecule has 0 unspecified atom stereocenters. The Morgan fingerprint density at radius 3 is 2.50 bits per heavy atom. The van der Waals surface area contributed by atoms with Crippen molar-refractivity contribution < 1.29 is 19.4 Å². The average Bonchev–Trinajstić information content (AvgIpc) is 2.64. The van der Waals surface area contributed by atoms with Crippen molar-refractivity contribution in [2.24, 2.45) is 5.73 Å². The number of nitrogens with two attached hydrogens (primary N) is 1. The number of urea groups is 1. The highest BCUT2D eigenvalue weighted by Gasteiger charge is 2.23. The Balaban J connectivity index is 2.59. The minimum absolute atomic E-state index is 0.0384. The first kappa shape index (κ1) is 20.8. The molecule has 0 spiro atoms. The van der Waals surface area contributed by atoms with E-state index in [9.17, 15) is 14.7 Å².